The Kier molecular flexibility index (Phi) is 9.00. The first kappa shape index (κ1) is 19.4. The van der Waals surface area contributed by atoms with Gasteiger partial charge in [0.25, 0.3) is 0 Å². The summed E-state index contributed by atoms with van der Waals surface area (Å²) in [6.45, 7) is 1.75. The second-order valence-electron chi connectivity index (χ2n) is 5.58. The van der Waals surface area contributed by atoms with Gasteiger partial charge in [-0.3, -0.25) is 9.89 Å². The maximum absolute atomic E-state index is 12.3. The third-order valence-electron chi connectivity index (χ3n) is 3.62. The third-order valence-corrected chi connectivity index (χ3v) is 4.32. The number of thioether (sulfide) groups is 1. The van der Waals surface area contributed by atoms with E-state index in [2.05, 4.69) is 21.9 Å². The number of nitrogens with zero attached hydrogens (tertiary/aromatic N) is 2. The Morgan fingerprint density at radius 3 is 2.73 bits per heavy atom. The van der Waals surface area contributed by atoms with Crippen LogP contribution in [0.15, 0.2) is 4.99 Å². The quantitative estimate of drug-likeness (QED) is 0.404. The molecule has 0 aromatic rings. The molecule has 1 saturated heterocycles. The van der Waals surface area contributed by atoms with Crippen LogP contribution in [-0.2, 0) is 0 Å². The van der Waals surface area contributed by atoms with E-state index in [1.165, 1.54) is 11.3 Å². The number of guanidine groups is 1. The summed E-state index contributed by atoms with van der Waals surface area (Å²) in [4.78, 5) is 5.62. The number of rotatable bonds is 8. The first-order valence-electron chi connectivity index (χ1n) is 7.67. The molecular weight excluding hydrogens is 313 g/mol. The summed E-state index contributed by atoms with van der Waals surface area (Å²) in [6.07, 6.45) is 1.05. The lowest BCUT2D eigenvalue weighted by atomic mass is 10.1. The summed E-state index contributed by atoms with van der Waals surface area (Å²) in [5.74, 6) is 2.14. The van der Waals surface area contributed by atoms with Gasteiger partial charge in [-0.05, 0) is 43.7 Å². The van der Waals surface area contributed by atoms with Gasteiger partial charge in [0.05, 0.1) is 6.54 Å². The second-order valence-corrected chi connectivity index (χ2v) is 6.57. The van der Waals surface area contributed by atoms with Crippen molar-refractivity contribution in [2.45, 2.75) is 25.4 Å². The molecule has 8 heteroatoms. The number of aliphatic imine (C=N–C) groups is 1. The van der Waals surface area contributed by atoms with Gasteiger partial charge >= 0.3 is 6.18 Å². The first-order chi connectivity index (χ1) is 10.4. The summed E-state index contributed by atoms with van der Waals surface area (Å²) in [5.41, 5.74) is 0. The van der Waals surface area contributed by atoms with Crippen LogP contribution < -0.4 is 10.6 Å². The molecule has 22 heavy (non-hydrogen) atoms. The van der Waals surface area contributed by atoms with Crippen molar-refractivity contribution < 1.29 is 13.2 Å². The largest absolute Gasteiger partial charge is 0.401 e. The highest BCUT2D eigenvalue weighted by molar-refractivity contribution is 7.98. The highest BCUT2D eigenvalue weighted by Crippen LogP contribution is 2.22. The fourth-order valence-electron chi connectivity index (χ4n) is 2.52. The summed E-state index contributed by atoms with van der Waals surface area (Å²) < 4.78 is 37.0. The van der Waals surface area contributed by atoms with Gasteiger partial charge in [0.15, 0.2) is 5.96 Å². The number of unbranched alkanes of at least 4 members (excludes halogenated alkanes) is 1. The monoisotopic (exact) mass is 340 g/mol. The van der Waals surface area contributed by atoms with E-state index < -0.39 is 12.7 Å². The zero-order chi connectivity index (χ0) is 16.4. The van der Waals surface area contributed by atoms with Gasteiger partial charge in [0.1, 0.15) is 0 Å². The molecule has 1 rings (SSSR count). The van der Waals surface area contributed by atoms with Crippen LogP contribution in [0.5, 0.6) is 0 Å². The minimum absolute atomic E-state index is 0.248. The van der Waals surface area contributed by atoms with Crippen molar-refractivity contribution >= 4 is 17.7 Å². The SMILES string of the molecule is CN=C(NCCCCSC)NCC1CCN(CC(F)(F)F)C1. The minimum Gasteiger partial charge on any atom is -0.356 e. The lowest BCUT2D eigenvalue weighted by Crippen LogP contribution is -2.41. The zero-order valence-electron chi connectivity index (χ0n) is 13.4. The van der Waals surface area contributed by atoms with Gasteiger partial charge in [-0.2, -0.15) is 24.9 Å². The predicted molar refractivity (Wildman–Crippen MR) is 87.6 cm³/mol. The first-order valence-corrected chi connectivity index (χ1v) is 9.06. The van der Waals surface area contributed by atoms with E-state index in [1.54, 1.807) is 7.05 Å². The normalized spacial score (nSPS) is 20.4. The molecule has 0 saturated carbocycles. The van der Waals surface area contributed by atoms with Crippen LogP contribution in [0, 0.1) is 5.92 Å². The number of hydrogen-bond donors (Lipinski definition) is 2. The Morgan fingerprint density at radius 1 is 1.32 bits per heavy atom. The molecule has 0 bridgehead atoms. The molecular formula is C14H27F3N4S. The van der Waals surface area contributed by atoms with Crippen molar-refractivity contribution in [1.82, 2.24) is 15.5 Å². The van der Waals surface area contributed by atoms with Gasteiger partial charge in [-0.1, -0.05) is 0 Å². The Labute approximate surface area is 135 Å². The number of alkyl halides is 3. The van der Waals surface area contributed by atoms with Crippen molar-refractivity contribution in [2.24, 2.45) is 10.9 Å². The van der Waals surface area contributed by atoms with E-state index in [4.69, 9.17) is 0 Å². The molecule has 0 amide bonds. The van der Waals surface area contributed by atoms with Gasteiger partial charge in [-0.25, -0.2) is 0 Å². The summed E-state index contributed by atoms with van der Waals surface area (Å²) >= 11 is 1.84. The van der Waals surface area contributed by atoms with Crippen LogP contribution in [0.2, 0.25) is 0 Å². The number of hydrogen-bond acceptors (Lipinski definition) is 3. The van der Waals surface area contributed by atoms with E-state index in [0.29, 0.717) is 19.6 Å². The van der Waals surface area contributed by atoms with Crippen molar-refractivity contribution in [1.29, 1.82) is 0 Å². The van der Waals surface area contributed by atoms with Gasteiger partial charge in [0.2, 0.25) is 0 Å². The predicted octanol–water partition coefficient (Wildman–Crippen LogP) is 2.18. The van der Waals surface area contributed by atoms with Gasteiger partial charge < -0.3 is 10.6 Å². The van der Waals surface area contributed by atoms with Crippen molar-refractivity contribution in [2.75, 3.05) is 51.8 Å². The fraction of sp³-hybridized carbons (Fsp3) is 0.929. The maximum Gasteiger partial charge on any atom is 0.401 e. The molecule has 2 N–H and O–H groups in total. The van der Waals surface area contributed by atoms with Crippen LogP contribution in [0.3, 0.4) is 0 Å². The van der Waals surface area contributed by atoms with Crippen molar-refractivity contribution in [3.8, 4) is 0 Å². The Balaban J connectivity index is 2.16. The molecule has 0 radical (unpaired) electrons. The summed E-state index contributed by atoms with van der Waals surface area (Å²) in [5, 5.41) is 6.45. The molecule has 4 nitrogen and oxygen atoms in total. The molecule has 0 spiro atoms. The second kappa shape index (κ2) is 10.2. The molecule has 1 atom stereocenters. The fourth-order valence-corrected chi connectivity index (χ4v) is 3.01. The lowest BCUT2D eigenvalue weighted by Gasteiger charge is -2.18. The topological polar surface area (TPSA) is 39.7 Å². The van der Waals surface area contributed by atoms with Gasteiger partial charge in [-0.15, -0.1) is 0 Å². The summed E-state index contributed by atoms with van der Waals surface area (Å²) in [7, 11) is 1.71. The molecule has 130 valence electrons. The number of halogens is 3. The highest BCUT2D eigenvalue weighted by Gasteiger charge is 2.34. The van der Waals surface area contributed by atoms with Crippen LogP contribution in [0.1, 0.15) is 19.3 Å². The molecule has 1 aliphatic heterocycles. The standard InChI is InChI=1S/C14H27F3N4S/c1-18-13(19-6-3-4-8-22-2)20-9-12-5-7-21(10-12)11-14(15,16)17/h12H,3-11H2,1-2H3,(H2,18,19,20). The van der Waals surface area contributed by atoms with Crippen LogP contribution in [0.25, 0.3) is 0 Å². The van der Waals surface area contributed by atoms with E-state index in [9.17, 15) is 13.2 Å². The maximum atomic E-state index is 12.3. The molecule has 1 fully saturated rings. The van der Waals surface area contributed by atoms with E-state index >= 15 is 0 Å². The molecule has 0 aromatic heterocycles. The molecule has 1 unspecified atom stereocenters. The molecule has 1 aliphatic rings. The molecule has 0 aromatic carbocycles. The Morgan fingerprint density at radius 2 is 2.09 bits per heavy atom. The van der Waals surface area contributed by atoms with E-state index in [0.717, 1.165) is 31.1 Å². The third kappa shape index (κ3) is 8.73. The van der Waals surface area contributed by atoms with Crippen molar-refractivity contribution in [3.05, 3.63) is 0 Å². The average molecular weight is 340 g/mol. The molecule has 0 aliphatic carbocycles. The molecule has 1 heterocycles. The van der Waals surface area contributed by atoms with Crippen molar-refractivity contribution in [3.63, 3.8) is 0 Å². The number of likely N-dealkylation sites (tertiary alicyclic amines) is 1. The smallest absolute Gasteiger partial charge is 0.356 e. The minimum atomic E-state index is -4.10. The van der Waals surface area contributed by atoms with E-state index in [-0.39, 0.29) is 5.92 Å². The van der Waals surface area contributed by atoms with Crippen LogP contribution in [-0.4, -0.2) is 68.8 Å². The Hall–Kier alpha value is -0.630. The average Bonchev–Trinajstić information content (AvgIpc) is 2.87. The Bertz CT molecular complexity index is 337. The van der Waals surface area contributed by atoms with E-state index in [1.807, 2.05) is 11.8 Å². The van der Waals surface area contributed by atoms with Crippen LogP contribution in [0.4, 0.5) is 13.2 Å². The number of nitrogens with one attached hydrogen (secondary N) is 2. The highest BCUT2D eigenvalue weighted by atomic mass is 32.2. The lowest BCUT2D eigenvalue weighted by molar-refractivity contribution is -0.143. The van der Waals surface area contributed by atoms with Crippen LogP contribution >= 0.6 is 11.8 Å². The zero-order valence-corrected chi connectivity index (χ0v) is 14.2. The van der Waals surface area contributed by atoms with Gasteiger partial charge in [0, 0.05) is 26.7 Å². The summed E-state index contributed by atoms with van der Waals surface area (Å²) in [6, 6.07) is 0.